The highest BCUT2D eigenvalue weighted by molar-refractivity contribution is 5.89. The molecule has 1 fully saturated rings. The first-order chi connectivity index (χ1) is 13.3. The van der Waals surface area contributed by atoms with Gasteiger partial charge in [0.1, 0.15) is 11.9 Å². The summed E-state index contributed by atoms with van der Waals surface area (Å²) in [6.07, 6.45) is 6.86. The molecule has 6 heteroatoms. The number of aldehydes is 1. The lowest BCUT2D eigenvalue weighted by Gasteiger charge is -2.33. The number of hydrogen-bond acceptors (Lipinski definition) is 4. The van der Waals surface area contributed by atoms with Crippen molar-refractivity contribution in [1.29, 1.82) is 0 Å². The predicted molar refractivity (Wildman–Crippen MR) is 110 cm³/mol. The van der Waals surface area contributed by atoms with Crippen LogP contribution in [0.1, 0.15) is 62.4 Å². The molecular formula is C22H31N3O3. The summed E-state index contributed by atoms with van der Waals surface area (Å²) in [7, 11) is 0. The zero-order valence-corrected chi connectivity index (χ0v) is 17.4. The number of rotatable bonds is 5. The summed E-state index contributed by atoms with van der Waals surface area (Å²) in [6, 6.07) is 3.85. The number of fused-ring (bicyclic) bond motifs is 1. The molecule has 0 N–H and O–H groups in total. The Kier molecular flexibility index (Phi) is 6.06. The number of amides is 1. The van der Waals surface area contributed by atoms with Crippen LogP contribution in [0, 0.1) is 12.8 Å². The molecule has 3 rings (SSSR count). The Hall–Kier alpha value is -2.37. The van der Waals surface area contributed by atoms with Gasteiger partial charge >= 0.3 is 6.09 Å². The van der Waals surface area contributed by atoms with E-state index in [9.17, 15) is 9.59 Å². The Labute approximate surface area is 166 Å². The van der Waals surface area contributed by atoms with Gasteiger partial charge in [0.05, 0.1) is 17.4 Å². The maximum Gasteiger partial charge on any atom is 0.410 e. The Balaban J connectivity index is 1.48. The number of carbonyl (C=O) groups excluding carboxylic acids is 2. The van der Waals surface area contributed by atoms with E-state index in [-0.39, 0.29) is 6.09 Å². The van der Waals surface area contributed by atoms with Gasteiger partial charge in [0.15, 0.2) is 0 Å². The van der Waals surface area contributed by atoms with Crippen molar-refractivity contribution >= 4 is 23.4 Å². The molecule has 2 aromatic rings. The molecule has 1 aliphatic heterocycles. The Morgan fingerprint density at radius 2 is 2.00 bits per heavy atom. The van der Waals surface area contributed by atoms with Crippen LogP contribution in [0.5, 0.6) is 0 Å². The molecule has 1 amide bonds. The van der Waals surface area contributed by atoms with Crippen molar-refractivity contribution in [3.63, 3.8) is 0 Å². The maximum atomic E-state index is 12.2. The zero-order chi connectivity index (χ0) is 20.3. The fourth-order valence-corrected chi connectivity index (χ4v) is 3.87. The third-order valence-electron chi connectivity index (χ3n) is 5.49. The normalized spacial score (nSPS) is 15.8. The minimum absolute atomic E-state index is 0.194. The van der Waals surface area contributed by atoms with Crippen molar-refractivity contribution in [2.75, 3.05) is 13.1 Å². The second-order valence-electron chi connectivity index (χ2n) is 8.76. The average molecular weight is 386 g/mol. The molecule has 0 saturated carbocycles. The van der Waals surface area contributed by atoms with Gasteiger partial charge < -0.3 is 14.2 Å². The molecule has 1 aromatic carbocycles. The van der Waals surface area contributed by atoms with Gasteiger partial charge in [0.2, 0.25) is 0 Å². The van der Waals surface area contributed by atoms with Crippen LogP contribution < -0.4 is 0 Å². The van der Waals surface area contributed by atoms with Crippen LogP contribution in [0.15, 0.2) is 18.5 Å². The predicted octanol–water partition coefficient (Wildman–Crippen LogP) is 4.58. The number of aromatic nitrogens is 2. The Morgan fingerprint density at radius 3 is 2.64 bits per heavy atom. The second kappa shape index (κ2) is 8.33. The molecule has 6 nitrogen and oxygen atoms in total. The van der Waals surface area contributed by atoms with E-state index < -0.39 is 5.60 Å². The smallest absolute Gasteiger partial charge is 0.410 e. The minimum Gasteiger partial charge on any atom is -0.444 e. The van der Waals surface area contributed by atoms with Crippen LogP contribution in [0.2, 0.25) is 0 Å². The summed E-state index contributed by atoms with van der Waals surface area (Å²) in [5.74, 6) is 0.650. The third-order valence-corrected chi connectivity index (χ3v) is 5.49. The fourth-order valence-electron chi connectivity index (χ4n) is 3.87. The highest BCUT2D eigenvalue weighted by atomic mass is 16.6. The number of piperidine rings is 1. The molecule has 0 aliphatic carbocycles. The quantitative estimate of drug-likeness (QED) is 0.707. The lowest BCUT2D eigenvalue weighted by Crippen LogP contribution is -2.41. The molecule has 0 radical (unpaired) electrons. The molecule has 0 atom stereocenters. The van der Waals surface area contributed by atoms with Crippen LogP contribution in [0.25, 0.3) is 11.0 Å². The average Bonchev–Trinajstić information content (AvgIpc) is 3.05. The minimum atomic E-state index is -0.438. The zero-order valence-electron chi connectivity index (χ0n) is 17.4. The molecule has 28 heavy (non-hydrogen) atoms. The largest absolute Gasteiger partial charge is 0.444 e. The number of hydrogen-bond donors (Lipinski definition) is 0. The maximum absolute atomic E-state index is 12.2. The van der Waals surface area contributed by atoms with Crippen molar-refractivity contribution in [2.24, 2.45) is 5.92 Å². The van der Waals surface area contributed by atoms with Gasteiger partial charge in [-0.2, -0.15) is 0 Å². The topological polar surface area (TPSA) is 64.4 Å². The van der Waals surface area contributed by atoms with Crippen molar-refractivity contribution in [3.8, 4) is 0 Å². The van der Waals surface area contributed by atoms with Gasteiger partial charge in [-0.15, -0.1) is 0 Å². The molecule has 1 saturated heterocycles. The van der Waals surface area contributed by atoms with Crippen LogP contribution >= 0.6 is 0 Å². The summed E-state index contributed by atoms with van der Waals surface area (Å²) in [6.45, 7) is 10.1. The monoisotopic (exact) mass is 385 g/mol. The number of nitrogens with zero attached hydrogens (tertiary/aromatic N) is 3. The van der Waals surface area contributed by atoms with Crippen LogP contribution in [0.4, 0.5) is 4.79 Å². The molecular weight excluding hydrogens is 354 g/mol. The van der Waals surface area contributed by atoms with Crippen LogP contribution in [-0.4, -0.2) is 45.5 Å². The number of likely N-dealkylation sites (tertiary alicyclic amines) is 1. The number of benzene rings is 1. The number of carbonyl (C=O) groups is 2. The van der Waals surface area contributed by atoms with E-state index in [4.69, 9.17) is 4.74 Å². The van der Waals surface area contributed by atoms with Gasteiger partial charge in [-0.25, -0.2) is 9.78 Å². The third kappa shape index (κ3) is 4.72. The van der Waals surface area contributed by atoms with Crippen LogP contribution in [-0.2, 0) is 11.3 Å². The standard InChI is InChI=1S/C22H31N3O3/c1-16-18(14-26)7-8-19-20(16)23-15-25(19)11-5-6-17-9-12-24(13-10-17)21(27)28-22(2,3)4/h7-8,14-15,17H,5-6,9-13H2,1-4H3. The molecule has 0 bridgehead atoms. The van der Waals surface area contributed by atoms with Crippen molar-refractivity contribution in [2.45, 2.75) is 65.5 Å². The summed E-state index contributed by atoms with van der Waals surface area (Å²) in [5, 5.41) is 0. The van der Waals surface area contributed by atoms with Gasteiger partial charge in [0.25, 0.3) is 0 Å². The lowest BCUT2D eigenvalue weighted by molar-refractivity contribution is 0.0180. The summed E-state index contributed by atoms with van der Waals surface area (Å²) in [5.41, 5.74) is 3.21. The molecule has 1 aliphatic rings. The molecule has 0 unspecified atom stereocenters. The van der Waals surface area contributed by atoms with Gasteiger partial charge in [0, 0.05) is 25.2 Å². The molecule has 0 spiro atoms. The van der Waals surface area contributed by atoms with Gasteiger partial charge in [-0.3, -0.25) is 4.79 Å². The Bertz CT molecular complexity index is 843. The van der Waals surface area contributed by atoms with E-state index in [1.54, 1.807) is 0 Å². The highest BCUT2D eigenvalue weighted by Gasteiger charge is 2.26. The molecule has 2 heterocycles. The molecule has 1 aromatic heterocycles. The number of imidazole rings is 1. The SMILES string of the molecule is Cc1c(C=O)ccc2c1ncn2CCCC1CCN(C(=O)OC(C)(C)C)CC1. The van der Waals surface area contributed by atoms with E-state index in [1.807, 2.05) is 51.1 Å². The fraction of sp³-hybridized carbons (Fsp3) is 0.591. The first-order valence-electron chi connectivity index (χ1n) is 10.2. The summed E-state index contributed by atoms with van der Waals surface area (Å²) >= 11 is 0. The number of ether oxygens (including phenoxy) is 1. The summed E-state index contributed by atoms with van der Waals surface area (Å²) < 4.78 is 7.64. The van der Waals surface area contributed by atoms with Crippen LogP contribution in [0.3, 0.4) is 0 Å². The second-order valence-corrected chi connectivity index (χ2v) is 8.76. The van der Waals surface area contributed by atoms with E-state index in [1.165, 1.54) is 0 Å². The molecule has 152 valence electrons. The van der Waals surface area contributed by atoms with E-state index >= 15 is 0 Å². The lowest BCUT2D eigenvalue weighted by atomic mass is 9.92. The van der Waals surface area contributed by atoms with Crippen molar-refractivity contribution in [3.05, 3.63) is 29.6 Å². The number of aryl methyl sites for hydroxylation is 2. The van der Waals surface area contributed by atoms with Crippen molar-refractivity contribution in [1.82, 2.24) is 14.5 Å². The highest BCUT2D eigenvalue weighted by Crippen LogP contribution is 2.25. The van der Waals surface area contributed by atoms with Gasteiger partial charge in [-0.1, -0.05) is 0 Å². The Morgan fingerprint density at radius 1 is 1.29 bits per heavy atom. The van der Waals surface area contributed by atoms with E-state index in [2.05, 4.69) is 9.55 Å². The van der Waals surface area contributed by atoms with Gasteiger partial charge in [-0.05, 0) is 77.0 Å². The van der Waals surface area contributed by atoms with Crippen molar-refractivity contribution < 1.29 is 14.3 Å². The van der Waals surface area contributed by atoms with E-state index in [0.717, 1.165) is 68.2 Å². The first-order valence-corrected chi connectivity index (χ1v) is 10.2. The summed E-state index contributed by atoms with van der Waals surface area (Å²) in [4.78, 5) is 29.6. The first kappa shape index (κ1) is 20.4. The van der Waals surface area contributed by atoms with E-state index in [0.29, 0.717) is 11.5 Å².